The number of carbonyl (C=O) groups excluding carboxylic acids is 1. The zero-order valence-corrected chi connectivity index (χ0v) is 10.1. The molecule has 1 aliphatic heterocycles. The maximum Gasteiger partial charge on any atom is 0.308 e. The number of carboxylic acid groups (broad SMARTS) is 1. The van der Waals surface area contributed by atoms with Crippen LogP contribution in [0, 0.1) is 5.92 Å². The first-order chi connectivity index (χ1) is 8.56. The Bertz CT molecular complexity index is 493. The van der Waals surface area contributed by atoms with Gasteiger partial charge in [0, 0.05) is 38.0 Å². The summed E-state index contributed by atoms with van der Waals surface area (Å²) < 4.78 is 1.65. The average molecular weight is 249 g/mol. The van der Waals surface area contributed by atoms with E-state index in [1.165, 1.54) is 6.08 Å². The van der Waals surface area contributed by atoms with E-state index in [9.17, 15) is 9.59 Å². The van der Waals surface area contributed by atoms with E-state index in [0.29, 0.717) is 19.5 Å². The Morgan fingerprint density at radius 3 is 2.89 bits per heavy atom. The van der Waals surface area contributed by atoms with Gasteiger partial charge in [0.1, 0.15) is 0 Å². The van der Waals surface area contributed by atoms with Crippen molar-refractivity contribution in [2.24, 2.45) is 13.0 Å². The van der Waals surface area contributed by atoms with Crippen molar-refractivity contribution in [1.82, 2.24) is 14.7 Å². The highest BCUT2D eigenvalue weighted by atomic mass is 16.4. The lowest BCUT2D eigenvalue weighted by Gasteiger charge is -2.12. The van der Waals surface area contributed by atoms with E-state index >= 15 is 0 Å². The van der Waals surface area contributed by atoms with Gasteiger partial charge in [0.05, 0.1) is 12.1 Å². The highest BCUT2D eigenvalue weighted by Gasteiger charge is 2.29. The van der Waals surface area contributed by atoms with Gasteiger partial charge in [0.15, 0.2) is 0 Å². The van der Waals surface area contributed by atoms with Gasteiger partial charge in [-0.3, -0.25) is 14.3 Å². The molecule has 6 nitrogen and oxygen atoms in total. The van der Waals surface area contributed by atoms with E-state index < -0.39 is 11.9 Å². The fraction of sp³-hybridized carbons (Fsp3) is 0.417. The van der Waals surface area contributed by atoms with E-state index in [2.05, 4.69) is 5.10 Å². The lowest BCUT2D eigenvalue weighted by Crippen LogP contribution is -2.28. The summed E-state index contributed by atoms with van der Waals surface area (Å²) >= 11 is 0. The number of amides is 1. The molecule has 1 saturated heterocycles. The number of aliphatic carboxylic acids is 1. The molecule has 96 valence electrons. The van der Waals surface area contributed by atoms with Gasteiger partial charge < -0.3 is 10.0 Å². The largest absolute Gasteiger partial charge is 0.481 e. The van der Waals surface area contributed by atoms with E-state index in [4.69, 9.17) is 5.11 Å². The minimum absolute atomic E-state index is 0.150. The number of carbonyl (C=O) groups is 2. The number of nitrogens with zero attached hydrogens (tertiary/aromatic N) is 3. The molecule has 1 aromatic rings. The fourth-order valence-electron chi connectivity index (χ4n) is 1.96. The molecular weight excluding hydrogens is 234 g/mol. The van der Waals surface area contributed by atoms with Crippen LogP contribution >= 0.6 is 0 Å². The van der Waals surface area contributed by atoms with Crippen LogP contribution in [0.5, 0.6) is 0 Å². The minimum Gasteiger partial charge on any atom is -0.481 e. The Hall–Kier alpha value is -2.11. The number of rotatable bonds is 3. The van der Waals surface area contributed by atoms with Gasteiger partial charge in [0.25, 0.3) is 0 Å². The van der Waals surface area contributed by atoms with Gasteiger partial charge in [-0.25, -0.2) is 0 Å². The minimum atomic E-state index is -0.832. The van der Waals surface area contributed by atoms with Crippen LogP contribution in [0.25, 0.3) is 6.08 Å². The lowest BCUT2D eigenvalue weighted by atomic mass is 10.1. The number of hydrogen-bond donors (Lipinski definition) is 1. The van der Waals surface area contributed by atoms with Crippen molar-refractivity contribution in [2.75, 3.05) is 13.1 Å². The first kappa shape index (κ1) is 12.3. The third-order valence-electron chi connectivity index (χ3n) is 2.99. The Balaban J connectivity index is 1.93. The molecule has 0 spiro atoms. The van der Waals surface area contributed by atoms with Crippen LogP contribution < -0.4 is 0 Å². The van der Waals surface area contributed by atoms with Crippen molar-refractivity contribution in [3.8, 4) is 0 Å². The van der Waals surface area contributed by atoms with Crippen LogP contribution in [-0.2, 0) is 16.6 Å². The molecule has 0 aromatic carbocycles. The zero-order valence-electron chi connectivity index (χ0n) is 10.1. The number of likely N-dealkylation sites (tertiary alicyclic amines) is 1. The molecule has 1 N–H and O–H groups in total. The van der Waals surface area contributed by atoms with Gasteiger partial charge in [-0.05, 0) is 12.5 Å². The van der Waals surface area contributed by atoms with Crippen molar-refractivity contribution in [2.45, 2.75) is 6.42 Å². The molecule has 18 heavy (non-hydrogen) atoms. The summed E-state index contributed by atoms with van der Waals surface area (Å²) in [5.41, 5.74) is 0.847. The highest BCUT2D eigenvalue weighted by molar-refractivity contribution is 5.92. The first-order valence-electron chi connectivity index (χ1n) is 5.74. The van der Waals surface area contributed by atoms with Crippen LogP contribution in [0.3, 0.4) is 0 Å². The fourth-order valence-corrected chi connectivity index (χ4v) is 1.96. The maximum atomic E-state index is 11.8. The summed E-state index contributed by atoms with van der Waals surface area (Å²) in [7, 11) is 1.80. The molecule has 1 fully saturated rings. The molecule has 0 saturated carbocycles. The molecule has 1 unspecified atom stereocenters. The topological polar surface area (TPSA) is 75.4 Å². The van der Waals surface area contributed by atoms with Crippen LogP contribution in [0.1, 0.15) is 12.0 Å². The predicted molar refractivity (Wildman–Crippen MR) is 64.6 cm³/mol. The summed E-state index contributed by atoms with van der Waals surface area (Å²) in [6, 6.07) is 0. The van der Waals surface area contributed by atoms with Crippen molar-refractivity contribution in [1.29, 1.82) is 0 Å². The SMILES string of the molecule is Cn1cc(C=CC(=O)N2CCC(C(=O)O)C2)cn1. The summed E-state index contributed by atoms with van der Waals surface area (Å²) in [5, 5.41) is 12.8. The second-order valence-electron chi connectivity index (χ2n) is 4.39. The van der Waals surface area contributed by atoms with Crippen molar-refractivity contribution in [3.63, 3.8) is 0 Å². The lowest BCUT2D eigenvalue weighted by molar-refractivity contribution is -0.141. The van der Waals surface area contributed by atoms with Gasteiger partial charge in [-0.1, -0.05) is 0 Å². The quantitative estimate of drug-likeness (QED) is 0.785. The second-order valence-corrected chi connectivity index (χ2v) is 4.39. The Labute approximate surface area is 105 Å². The molecule has 2 rings (SSSR count). The monoisotopic (exact) mass is 249 g/mol. The van der Waals surface area contributed by atoms with E-state index in [-0.39, 0.29) is 5.91 Å². The first-order valence-corrected chi connectivity index (χ1v) is 5.74. The standard InChI is InChI=1S/C12H15N3O3/c1-14-7-9(6-13-14)2-3-11(16)15-5-4-10(8-15)12(17)18/h2-3,6-7,10H,4-5,8H2,1H3,(H,17,18). The third kappa shape index (κ3) is 2.77. The molecule has 1 amide bonds. The molecule has 6 heteroatoms. The van der Waals surface area contributed by atoms with Crippen molar-refractivity contribution in [3.05, 3.63) is 24.0 Å². The summed E-state index contributed by atoms with van der Waals surface area (Å²) in [5.74, 6) is -1.41. The average Bonchev–Trinajstić information content (AvgIpc) is 2.94. The van der Waals surface area contributed by atoms with Crippen molar-refractivity contribution < 1.29 is 14.7 Å². The maximum absolute atomic E-state index is 11.8. The Morgan fingerprint density at radius 2 is 2.33 bits per heavy atom. The molecule has 0 bridgehead atoms. The smallest absolute Gasteiger partial charge is 0.308 e. The number of aryl methyl sites for hydroxylation is 1. The van der Waals surface area contributed by atoms with Crippen LogP contribution in [0.2, 0.25) is 0 Å². The predicted octanol–water partition coefficient (Wildman–Crippen LogP) is 0.366. The molecule has 0 radical (unpaired) electrons. The van der Waals surface area contributed by atoms with Crippen LogP contribution in [-0.4, -0.2) is 44.8 Å². The van der Waals surface area contributed by atoms with Gasteiger partial charge in [-0.15, -0.1) is 0 Å². The summed E-state index contributed by atoms with van der Waals surface area (Å²) in [4.78, 5) is 24.2. The molecule has 0 aliphatic carbocycles. The van der Waals surface area contributed by atoms with Gasteiger partial charge >= 0.3 is 5.97 Å². The summed E-state index contributed by atoms with van der Waals surface area (Å²) in [6.07, 6.45) is 7.13. The number of aromatic nitrogens is 2. The van der Waals surface area contributed by atoms with Crippen LogP contribution in [0.15, 0.2) is 18.5 Å². The molecule has 1 atom stereocenters. The molecule has 2 heterocycles. The molecule has 1 aromatic heterocycles. The Kier molecular flexibility index (Phi) is 3.45. The second kappa shape index (κ2) is 5.03. The van der Waals surface area contributed by atoms with E-state index in [1.807, 2.05) is 0 Å². The summed E-state index contributed by atoms with van der Waals surface area (Å²) in [6.45, 7) is 0.804. The molecule has 1 aliphatic rings. The highest BCUT2D eigenvalue weighted by Crippen LogP contribution is 2.16. The van der Waals surface area contributed by atoms with E-state index in [1.54, 1.807) is 35.1 Å². The van der Waals surface area contributed by atoms with Gasteiger partial charge in [-0.2, -0.15) is 5.10 Å². The normalized spacial score (nSPS) is 19.6. The number of carboxylic acids is 1. The number of hydrogen-bond acceptors (Lipinski definition) is 3. The third-order valence-corrected chi connectivity index (χ3v) is 2.99. The Morgan fingerprint density at radius 1 is 1.56 bits per heavy atom. The van der Waals surface area contributed by atoms with Crippen molar-refractivity contribution >= 4 is 18.0 Å². The van der Waals surface area contributed by atoms with E-state index in [0.717, 1.165) is 5.56 Å². The zero-order chi connectivity index (χ0) is 13.1. The van der Waals surface area contributed by atoms with Gasteiger partial charge in [0.2, 0.25) is 5.91 Å². The van der Waals surface area contributed by atoms with Crippen LogP contribution in [0.4, 0.5) is 0 Å². The molecular formula is C12H15N3O3.